The third-order valence-corrected chi connectivity index (χ3v) is 4.73. The van der Waals surface area contributed by atoms with E-state index >= 15 is 0 Å². The van der Waals surface area contributed by atoms with Crippen LogP contribution in [0.1, 0.15) is 23.1 Å². The summed E-state index contributed by atoms with van der Waals surface area (Å²) in [5.74, 6) is -0.847. The second kappa shape index (κ2) is 8.30. The zero-order valence-electron chi connectivity index (χ0n) is 15.2. The van der Waals surface area contributed by atoms with Gasteiger partial charge in [-0.2, -0.15) is 0 Å². The maximum atomic E-state index is 6.46. The van der Waals surface area contributed by atoms with Gasteiger partial charge in [-0.1, -0.05) is 91.0 Å². The van der Waals surface area contributed by atoms with E-state index in [0.29, 0.717) is 13.2 Å². The molecule has 0 amide bonds. The fourth-order valence-corrected chi connectivity index (χ4v) is 3.36. The summed E-state index contributed by atoms with van der Waals surface area (Å²) in [6.07, 6.45) is 2.66. The molecule has 3 heteroatoms. The highest BCUT2D eigenvalue weighted by molar-refractivity contribution is 5.58. The highest BCUT2D eigenvalue weighted by Crippen LogP contribution is 2.40. The molecule has 0 saturated carbocycles. The topological polar surface area (TPSA) is 30.8 Å². The molecule has 0 aromatic heterocycles. The van der Waals surface area contributed by atoms with E-state index in [2.05, 4.69) is 41.4 Å². The highest BCUT2D eigenvalue weighted by atomic mass is 16.7. The van der Waals surface area contributed by atoms with Crippen LogP contribution < -0.4 is 0 Å². The minimum Gasteiger partial charge on any atom is -0.339 e. The van der Waals surface area contributed by atoms with E-state index in [0.717, 1.165) is 17.5 Å². The summed E-state index contributed by atoms with van der Waals surface area (Å²) >= 11 is 0. The van der Waals surface area contributed by atoms with E-state index in [1.807, 2.05) is 60.8 Å². The van der Waals surface area contributed by atoms with Gasteiger partial charge in [-0.25, -0.2) is 0 Å². The van der Waals surface area contributed by atoms with Crippen LogP contribution in [0.5, 0.6) is 0 Å². The average molecular weight is 357 g/mol. The third-order valence-electron chi connectivity index (χ3n) is 4.73. The van der Waals surface area contributed by atoms with Crippen molar-refractivity contribution in [1.29, 1.82) is 0 Å². The molecule has 0 N–H and O–H groups in total. The van der Waals surface area contributed by atoms with Crippen molar-refractivity contribution in [3.63, 3.8) is 0 Å². The average Bonchev–Trinajstić information content (AvgIpc) is 3.19. The first-order chi connectivity index (χ1) is 13.4. The molecule has 3 nitrogen and oxygen atoms in total. The SMILES string of the molecule is C(CC1COC(c2ccccc2)(c2ccccc2)O1)=NCc1ccccc1. The summed E-state index contributed by atoms with van der Waals surface area (Å²) in [5, 5.41) is 0. The monoisotopic (exact) mass is 357 g/mol. The zero-order chi connectivity index (χ0) is 18.4. The number of ether oxygens (including phenoxy) is 2. The largest absolute Gasteiger partial charge is 0.339 e. The molecule has 0 radical (unpaired) electrons. The number of rotatable bonds is 6. The number of hydrogen-bond donors (Lipinski definition) is 0. The summed E-state index contributed by atoms with van der Waals surface area (Å²) in [5.41, 5.74) is 3.24. The van der Waals surface area contributed by atoms with Gasteiger partial charge in [0, 0.05) is 23.8 Å². The Bertz CT molecular complexity index is 823. The Labute approximate surface area is 160 Å². The van der Waals surface area contributed by atoms with Gasteiger partial charge >= 0.3 is 0 Å². The van der Waals surface area contributed by atoms with E-state index in [-0.39, 0.29) is 6.10 Å². The summed E-state index contributed by atoms with van der Waals surface area (Å²) in [7, 11) is 0. The minimum absolute atomic E-state index is 0.0232. The fraction of sp³-hybridized carbons (Fsp3) is 0.208. The molecule has 3 aromatic rings. The Balaban J connectivity index is 1.47. The zero-order valence-corrected chi connectivity index (χ0v) is 15.2. The van der Waals surface area contributed by atoms with Crippen molar-refractivity contribution < 1.29 is 9.47 Å². The molecule has 27 heavy (non-hydrogen) atoms. The Morgan fingerprint density at radius 3 is 1.96 bits per heavy atom. The number of aliphatic imine (C=N–C) groups is 1. The van der Waals surface area contributed by atoms with Crippen LogP contribution in [0.3, 0.4) is 0 Å². The lowest BCUT2D eigenvalue weighted by atomic mass is 9.97. The van der Waals surface area contributed by atoms with Crippen LogP contribution in [0.15, 0.2) is 96.0 Å². The maximum absolute atomic E-state index is 6.46. The minimum atomic E-state index is -0.847. The molecule has 136 valence electrons. The molecule has 0 bridgehead atoms. The van der Waals surface area contributed by atoms with Crippen LogP contribution >= 0.6 is 0 Å². The van der Waals surface area contributed by atoms with Crippen molar-refractivity contribution in [3.05, 3.63) is 108 Å². The van der Waals surface area contributed by atoms with Crippen LogP contribution in [0, 0.1) is 0 Å². The van der Waals surface area contributed by atoms with Crippen molar-refractivity contribution in [2.24, 2.45) is 4.99 Å². The number of benzene rings is 3. The van der Waals surface area contributed by atoms with Crippen molar-refractivity contribution in [3.8, 4) is 0 Å². The summed E-state index contributed by atoms with van der Waals surface area (Å²) in [6.45, 7) is 1.23. The molecule has 1 atom stereocenters. The molecular formula is C24H23NO2. The van der Waals surface area contributed by atoms with Gasteiger partial charge in [0.1, 0.15) is 0 Å². The van der Waals surface area contributed by atoms with Crippen LogP contribution in [-0.2, 0) is 21.8 Å². The maximum Gasteiger partial charge on any atom is 0.222 e. The first kappa shape index (κ1) is 17.7. The lowest BCUT2D eigenvalue weighted by Crippen LogP contribution is -2.29. The normalized spacial score (nSPS) is 18.7. The van der Waals surface area contributed by atoms with Gasteiger partial charge in [0.05, 0.1) is 19.3 Å². The predicted octanol–water partition coefficient (Wildman–Crippen LogP) is 4.96. The van der Waals surface area contributed by atoms with E-state index in [1.165, 1.54) is 5.56 Å². The first-order valence-electron chi connectivity index (χ1n) is 9.32. The van der Waals surface area contributed by atoms with Gasteiger partial charge in [0.25, 0.3) is 0 Å². The number of nitrogens with zero attached hydrogens (tertiary/aromatic N) is 1. The summed E-state index contributed by atoms with van der Waals surface area (Å²) < 4.78 is 12.7. The third kappa shape index (κ3) is 4.00. The van der Waals surface area contributed by atoms with E-state index in [1.54, 1.807) is 0 Å². The van der Waals surface area contributed by atoms with Gasteiger partial charge in [-0.15, -0.1) is 0 Å². The van der Waals surface area contributed by atoms with Crippen molar-refractivity contribution in [1.82, 2.24) is 0 Å². The summed E-state index contributed by atoms with van der Waals surface area (Å²) in [6, 6.07) is 30.5. The molecular weight excluding hydrogens is 334 g/mol. The smallest absolute Gasteiger partial charge is 0.222 e. The first-order valence-corrected chi connectivity index (χ1v) is 9.32. The van der Waals surface area contributed by atoms with Gasteiger partial charge in [-0.05, 0) is 5.56 Å². The van der Waals surface area contributed by atoms with E-state index in [4.69, 9.17) is 9.47 Å². The Kier molecular flexibility index (Phi) is 5.42. The highest BCUT2D eigenvalue weighted by Gasteiger charge is 2.44. The van der Waals surface area contributed by atoms with Crippen LogP contribution in [0.2, 0.25) is 0 Å². The van der Waals surface area contributed by atoms with Gasteiger partial charge in [0.15, 0.2) is 0 Å². The Morgan fingerprint density at radius 1 is 0.815 bits per heavy atom. The summed E-state index contributed by atoms with van der Waals surface area (Å²) in [4.78, 5) is 4.54. The van der Waals surface area contributed by atoms with Gasteiger partial charge in [-0.3, -0.25) is 4.99 Å². The van der Waals surface area contributed by atoms with Crippen LogP contribution in [0.4, 0.5) is 0 Å². The molecule has 1 heterocycles. The molecule has 1 unspecified atom stereocenters. The predicted molar refractivity (Wildman–Crippen MR) is 108 cm³/mol. The van der Waals surface area contributed by atoms with E-state index < -0.39 is 5.79 Å². The molecule has 1 fully saturated rings. The fourth-order valence-electron chi connectivity index (χ4n) is 3.36. The van der Waals surface area contributed by atoms with Gasteiger partial charge in [0.2, 0.25) is 5.79 Å². The van der Waals surface area contributed by atoms with Gasteiger partial charge < -0.3 is 9.47 Å². The van der Waals surface area contributed by atoms with Crippen LogP contribution in [0.25, 0.3) is 0 Å². The van der Waals surface area contributed by atoms with Crippen molar-refractivity contribution in [2.75, 3.05) is 6.61 Å². The Hall–Kier alpha value is -2.75. The molecule has 1 saturated heterocycles. The molecule has 0 spiro atoms. The van der Waals surface area contributed by atoms with Crippen molar-refractivity contribution in [2.45, 2.75) is 24.9 Å². The molecule has 1 aliphatic heterocycles. The van der Waals surface area contributed by atoms with Crippen LogP contribution in [-0.4, -0.2) is 18.9 Å². The second-order valence-electron chi connectivity index (χ2n) is 6.64. The second-order valence-corrected chi connectivity index (χ2v) is 6.64. The lowest BCUT2D eigenvalue weighted by Gasteiger charge is -2.29. The molecule has 1 aliphatic rings. The lowest BCUT2D eigenvalue weighted by molar-refractivity contribution is -0.141. The Morgan fingerprint density at radius 2 is 1.37 bits per heavy atom. The molecule has 0 aliphatic carbocycles. The van der Waals surface area contributed by atoms with E-state index in [9.17, 15) is 0 Å². The molecule has 4 rings (SSSR count). The quantitative estimate of drug-likeness (QED) is 0.584. The standard InChI is InChI=1S/C24H23NO2/c1-4-10-20(11-5-1)18-25-17-16-23-19-26-24(27-23,21-12-6-2-7-13-21)22-14-8-3-9-15-22/h1-15,17,23H,16,18-19H2. The number of hydrogen-bond acceptors (Lipinski definition) is 3. The van der Waals surface area contributed by atoms with Crippen molar-refractivity contribution >= 4 is 6.21 Å². The molecule has 3 aromatic carbocycles.